The van der Waals surface area contributed by atoms with Gasteiger partial charge in [-0.05, 0) is 37.3 Å². The Morgan fingerprint density at radius 2 is 2.10 bits per heavy atom. The van der Waals surface area contributed by atoms with Crippen molar-refractivity contribution < 1.29 is 4.79 Å². The van der Waals surface area contributed by atoms with Crippen LogP contribution in [0.1, 0.15) is 44.9 Å². The minimum absolute atomic E-state index is 0.245. The molecule has 21 heavy (non-hydrogen) atoms. The number of hydrogen-bond acceptors (Lipinski definition) is 3. The molecular formula is C17H25N3O. The zero-order valence-electron chi connectivity index (χ0n) is 12.6. The zero-order chi connectivity index (χ0) is 14.5. The first-order valence-corrected chi connectivity index (χ1v) is 8.26. The van der Waals surface area contributed by atoms with Crippen molar-refractivity contribution in [1.29, 1.82) is 0 Å². The second-order valence-corrected chi connectivity index (χ2v) is 6.40. The molecule has 0 bridgehead atoms. The summed E-state index contributed by atoms with van der Waals surface area (Å²) in [6, 6.07) is 6.26. The summed E-state index contributed by atoms with van der Waals surface area (Å²) in [6.07, 6.45) is 9.98. The third-order valence-electron chi connectivity index (χ3n) is 4.73. The second kappa shape index (κ2) is 6.92. The lowest BCUT2D eigenvalue weighted by molar-refractivity contribution is -0.122. The highest BCUT2D eigenvalue weighted by Gasteiger charge is 2.25. The fourth-order valence-electron chi connectivity index (χ4n) is 3.57. The summed E-state index contributed by atoms with van der Waals surface area (Å²) in [5.41, 5.74) is 0. The Balaban J connectivity index is 1.45. The van der Waals surface area contributed by atoms with Gasteiger partial charge in [-0.2, -0.15) is 0 Å². The van der Waals surface area contributed by atoms with Crippen LogP contribution in [-0.2, 0) is 4.79 Å². The van der Waals surface area contributed by atoms with Gasteiger partial charge in [0.1, 0.15) is 5.82 Å². The number of aromatic nitrogens is 1. The molecule has 4 heteroatoms. The van der Waals surface area contributed by atoms with E-state index in [1.54, 1.807) is 0 Å². The highest BCUT2D eigenvalue weighted by Crippen LogP contribution is 2.26. The van der Waals surface area contributed by atoms with E-state index in [1.807, 2.05) is 24.4 Å². The Bertz CT molecular complexity index is 456. The monoisotopic (exact) mass is 287 g/mol. The van der Waals surface area contributed by atoms with Crippen LogP contribution in [-0.4, -0.2) is 30.0 Å². The van der Waals surface area contributed by atoms with Gasteiger partial charge in [0.2, 0.25) is 5.91 Å². The van der Waals surface area contributed by atoms with Gasteiger partial charge >= 0.3 is 0 Å². The third-order valence-corrected chi connectivity index (χ3v) is 4.73. The molecule has 2 fully saturated rings. The summed E-state index contributed by atoms with van der Waals surface area (Å²) in [6.45, 7) is 1.86. The lowest BCUT2D eigenvalue weighted by Crippen LogP contribution is -2.38. The number of nitrogens with zero attached hydrogens (tertiary/aromatic N) is 2. The first-order chi connectivity index (χ1) is 10.3. The number of pyridine rings is 1. The third kappa shape index (κ3) is 3.96. The smallest absolute Gasteiger partial charge is 0.220 e. The second-order valence-electron chi connectivity index (χ2n) is 6.40. The molecule has 1 saturated heterocycles. The quantitative estimate of drug-likeness (QED) is 0.926. The summed E-state index contributed by atoms with van der Waals surface area (Å²) in [5.74, 6) is 1.88. The van der Waals surface area contributed by atoms with Crippen LogP contribution in [0.4, 0.5) is 5.82 Å². The number of anilines is 1. The lowest BCUT2D eigenvalue weighted by atomic mass is 9.87. The number of rotatable bonds is 4. The normalized spacial score (nSPS) is 23.2. The average molecular weight is 287 g/mol. The summed E-state index contributed by atoms with van der Waals surface area (Å²) in [7, 11) is 0. The van der Waals surface area contributed by atoms with E-state index in [0.29, 0.717) is 5.92 Å². The van der Waals surface area contributed by atoms with E-state index >= 15 is 0 Å². The predicted molar refractivity (Wildman–Crippen MR) is 84.2 cm³/mol. The molecule has 0 spiro atoms. The van der Waals surface area contributed by atoms with Crippen molar-refractivity contribution in [3.05, 3.63) is 24.4 Å². The molecule has 1 amide bonds. The fraction of sp³-hybridized carbons (Fsp3) is 0.647. The maximum atomic E-state index is 12.2. The first kappa shape index (κ1) is 14.4. The standard InChI is InChI=1S/C17H25N3O/c21-17(12-14-6-2-1-3-7-14)19-15-9-11-20(13-15)16-8-4-5-10-18-16/h4-5,8,10,14-15H,1-3,6-7,9,11-13H2,(H,19,21)/t15-/m0/s1. The van der Waals surface area contributed by atoms with Crippen LogP contribution >= 0.6 is 0 Å². The van der Waals surface area contributed by atoms with Gasteiger partial charge in [-0.3, -0.25) is 4.79 Å². The van der Waals surface area contributed by atoms with E-state index < -0.39 is 0 Å². The fourth-order valence-corrected chi connectivity index (χ4v) is 3.57. The molecule has 1 aliphatic heterocycles. The average Bonchev–Trinajstić information content (AvgIpc) is 2.97. The molecular weight excluding hydrogens is 262 g/mol. The van der Waals surface area contributed by atoms with Gasteiger partial charge in [-0.25, -0.2) is 4.98 Å². The van der Waals surface area contributed by atoms with Crippen LogP contribution in [0, 0.1) is 5.92 Å². The van der Waals surface area contributed by atoms with E-state index in [-0.39, 0.29) is 11.9 Å². The van der Waals surface area contributed by atoms with Gasteiger partial charge in [0.25, 0.3) is 0 Å². The summed E-state index contributed by atoms with van der Waals surface area (Å²) < 4.78 is 0. The Labute approximate surface area is 126 Å². The van der Waals surface area contributed by atoms with E-state index in [2.05, 4.69) is 15.2 Å². The molecule has 1 aromatic rings. The largest absolute Gasteiger partial charge is 0.354 e. The summed E-state index contributed by atoms with van der Waals surface area (Å²) in [4.78, 5) is 18.8. The molecule has 1 N–H and O–H groups in total. The van der Waals surface area contributed by atoms with Crippen LogP contribution in [0.15, 0.2) is 24.4 Å². The van der Waals surface area contributed by atoms with Crippen molar-refractivity contribution in [3.63, 3.8) is 0 Å². The predicted octanol–water partition coefficient (Wildman–Crippen LogP) is 2.75. The van der Waals surface area contributed by atoms with E-state index in [9.17, 15) is 4.79 Å². The minimum Gasteiger partial charge on any atom is -0.354 e. The van der Waals surface area contributed by atoms with Crippen molar-refractivity contribution in [1.82, 2.24) is 10.3 Å². The SMILES string of the molecule is O=C(CC1CCCCC1)N[C@H]1CCN(c2ccccn2)C1. The van der Waals surface area contributed by atoms with Gasteiger partial charge in [0, 0.05) is 31.7 Å². The van der Waals surface area contributed by atoms with Gasteiger partial charge in [0.05, 0.1) is 0 Å². The van der Waals surface area contributed by atoms with Crippen molar-refractivity contribution in [2.75, 3.05) is 18.0 Å². The topological polar surface area (TPSA) is 45.2 Å². The molecule has 1 atom stereocenters. The van der Waals surface area contributed by atoms with Crippen molar-refractivity contribution in [3.8, 4) is 0 Å². The molecule has 2 heterocycles. The molecule has 4 nitrogen and oxygen atoms in total. The van der Waals surface area contributed by atoms with E-state index in [1.165, 1.54) is 32.1 Å². The van der Waals surface area contributed by atoms with Crippen LogP contribution in [0.3, 0.4) is 0 Å². The number of nitrogens with one attached hydrogen (secondary N) is 1. The number of hydrogen-bond donors (Lipinski definition) is 1. The van der Waals surface area contributed by atoms with Crippen LogP contribution < -0.4 is 10.2 Å². The molecule has 3 rings (SSSR count). The highest BCUT2D eigenvalue weighted by atomic mass is 16.1. The van der Waals surface area contributed by atoms with Crippen molar-refractivity contribution in [2.45, 2.75) is 51.0 Å². The first-order valence-electron chi connectivity index (χ1n) is 8.26. The zero-order valence-corrected chi connectivity index (χ0v) is 12.6. The molecule has 0 radical (unpaired) electrons. The summed E-state index contributed by atoms with van der Waals surface area (Å²) in [5, 5.41) is 3.22. The molecule has 1 aliphatic carbocycles. The molecule has 0 aromatic carbocycles. The van der Waals surface area contributed by atoms with Gasteiger partial charge in [-0.1, -0.05) is 25.3 Å². The van der Waals surface area contributed by atoms with E-state index in [0.717, 1.165) is 31.7 Å². The minimum atomic E-state index is 0.245. The number of carbonyl (C=O) groups is 1. The maximum Gasteiger partial charge on any atom is 0.220 e. The van der Waals surface area contributed by atoms with Crippen molar-refractivity contribution in [2.24, 2.45) is 5.92 Å². The van der Waals surface area contributed by atoms with Gasteiger partial charge in [0.15, 0.2) is 0 Å². The maximum absolute atomic E-state index is 12.2. The molecule has 1 aromatic heterocycles. The Morgan fingerprint density at radius 3 is 2.86 bits per heavy atom. The van der Waals surface area contributed by atoms with Gasteiger partial charge in [-0.15, -0.1) is 0 Å². The Kier molecular flexibility index (Phi) is 4.73. The Hall–Kier alpha value is -1.58. The lowest BCUT2D eigenvalue weighted by Gasteiger charge is -2.22. The molecule has 0 unspecified atom stereocenters. The number of amides is 1. The molecule has 114 valence electrons. The Morgan fingerprint density at radius 1 is 1.24 bits per heavy atom. The molecule has 2 aliphatic rings. The van der Waals surface area contributed by atoms with E-state index in [4.69, 9.17) is 0 Å². The molecule has 1 saturated carbocycles. The van der Waals surface area contributed by atoms with Crippen molar-refractivity contribution >= 4 is 11.7 Å². The highest BCUT2D eigenvalue weighted by molar-refractivity contribution is 5.76. The van der Waals surface area contributed by atoms with Crippen LogP contribution in [0.2, 0.25) is 0 Å². The van der Waals surface area contributed by atoms with Gasteiger partial charge < -0.3 is 10.2 Å². The summed E-state index contributed by atoms with van der Waals surface area (Å²) >= 11 is 0. The number of carbonyl (C=O) groups excluding carboxylic acids is 1. The van der Waals surface area contributed by atoms with Crippen LogP contribution in [0.25, 0.3) is 0 Å². The van der Waals surface area contributed by atoms with Crippen LogP contribution in [0.5, 0.6) is 0 Å².